The Bertz CT molecular complexity index is 609. The molecule has 1 fully saturated rings. The maximum atomic E-state index is 11.9. The van der Waals surface area contributed by atoms with Crippen LogP contribution < -0.4 is 5.32 Å². The number of benzene rings is 1. The molecule has 0 spiro atoms. The lowest BCUT2D eigenvalue weighted by atomic mass is 10.1. The molecule has 6 heteroatoms. The molecule has 3 rings (SSSR count). The van der Waals surface area contributed by atoms with Crippen LogP contribution in [-0.2, 0) is 22.4 Å². The zero-order valence-electron chi connectivity index (χ0n) is 12.3. The van der Waals surface area contributed by atoms with Crippen molar-refractivity contribution in [3.63, 3.8) is 0 Å². The van der Waals surface area contributed by atoms with Crippen molar-refractivity contribution >= 4 is 22.4 Å². The molecule has 1 aliphatic rings. The summed E-state index contributed by atoms with van der Waals surface area (Å²) < 4.78 is 5.35. The van der Waals surface area contributed by atoms with Gasteiger partial charge in [-0.2, -0.15) is 0 Å². The predicted octanol–water partition coefficient (Wildman–Crippen LogP) is 2.83. The minimum absolute atomic E-state index is 0.107. The molecule has 0 saturated carbocycles. The Morgan fingerprint density at radius 1 is 1.27 bits per heavy atom. The van der Waals surface area contributed by atoms with Gasteiger partial charge in [-0.05, 0) is 31.2 Å². The van der Waals surface area contributed by atoms with Crippen molar-refractivity contribution in [1.29, 1.82) is 0 Å². The smallest absolute Gasteiger partial charge is 0.255 e. The second-order valence-corrected chi connectivity index (χ2v) is 6.39. The first kappa shape index (κ1) is 15.1. The average Bonchev–Trinajstić information content (AvgIpc) is 3.20. The van der Waals surface area contributed by atoms with Crippen LogP contribution in [0, 0.1) is 0 Å². The molecule has 0 radical (unpaired) electrons. The molecule has 116 valence electrons. The van der Waals surface area contributed by atoms with E-state index < -0.39 is 0 Å². The Labute approximate surface area is 133 Å². The predicted molar refractivity (Wildman–Crippen MR) is 86.0 cm³/mol. The van der Waals surface area contributed by atoms with Crippen LogP contribution in [0.25, 0.3) is 0 Å². The zero-order valence-corrected chi connectivity index (χ0v) is 13.1. The van der Waals surface area contributed by atoms with Gasteiger partial charge in [0.15, 0.2) is 0 Å². The average molecular weight is 317 g/mol. The molecule has 2 heterocycles. The molecular weight excluding hydrogens is 298 g/mol. The highest BCUT2D eigenvalue weighted by Crippen LogP contribution is 2.20. The van der Waals surface area contributed by atoms with Crippen molar-refractivity contribution in [2.45, 2.75) is 38.2 Å². The van der Waals surface area contributed by atoms with E-state index >= 15 is 0 Å². The Kier molecular flexibility index (Phi) is 5.13. The van der Waals surface area contributed by atoms with E-state index in [1.807, 2.05) is 6.07 Å². The molecule has 1 aliphatic heterocycles. The quantitative estimate of drug-likeness (QED) is 0.890. The first-order chi connectivity index (χ1) is 10.8. The van der Waals surface area contributed by atoms with Crippen LogP contribution in [0.3, 0.4) is 0 Å². The number of rotatable bonds is 6. The number of hydrogen-bond acceptors (Lipinski definition) is 5. The molecule has 1 aromatic carbocycles. The highest BCUT2D eigenvalue weighted by atomic mass is 32.1. The van der Waals surface area contributed by atoms with Crippen LogP contribution >= 0.6 is 11.3 Å². The van der Waals surface area contributed by atoms with Crippen molar-refractivity contribution < 1.29 is 9.53 Å². The van der Waals surface area contributed by atoms with Crippen molar-refractivity contribution in [2.24, 2.45) is 0 Å². The summed E-state index contributed by atoms with van der Waals surface area (Å²) in [4.78, 5) is 11.9. The molecule has 1 aromatic heterocycles. The summed E-state index contributed by atoms with van der Waals surface area (Å²) in [6, 6.07) is 10.4. The van der Waals surface area contributed by atoms with Gasteiger partial charge in [-0.25, -0.2) is 0 Å². The fraction of sp³-hybridized carbons (Fsp3) is 0.438. The second kappa shape index (κ2) is 7.47. The maximum Gasteiger partial charge on any atom is 0.255 e. The van der Waals surface area contributed by atoms with Crippen molar-refractivity contribution in [3.05, 3.63) is 40.9 Å². The lowest BCUT2D eigenvalue weighted by Crippen LogP contribution is -2.26. The van der Waals surface area contributed by atoms with Gasteiger partial charge in [-0.3, -0.25) is 10.1 Å². The summed E-state index contributed by atoms with van der Waals surface area (Å²) in [5, 5.41) is 12.5. The topological polar surface area (TPSA) is 64.1 Å². The summed E-state index contributed by atoms with van der Waals surface area (Å²) in [5.41, 5.74) is 1.33. The van der Waals surface area contributed by atoms with Crippen molar-refractivity contribution in [1.82, 2.24) is 10.2 Å². The third kappa shape index (κ3) is 4.11. The normalized spacial score (nSPS) is 17.5. The van der Waals surface area contributed by atoms with Gasteiger partial charge in [0.25, 0.3) is 5.91 Å². The standard InChI is InChI=1S/C16H19N3O2S/c20-15(13-9-5-11-21-13)17-16-19-18-14(22-16)10-4-8-12-6-2-1-3-7-12/h1-3,6-7,13H,4-5,8-11H2,(H,17,19,20)/t13-/m1/s1. The highest BCUT2D eigenvalue weighted by molar-refractivity contribution is 7.15. The Balaban J connectivity index is 1.45. The number of amides is 1. The number of aryl methyl sites for hydroxylation is 2. The molecule has 0 unspecified atom stereocenters. The molecule has 1 atom stereocenters. The van der Waals surface area contributed by atoms with Gasteiger partial charge in [-0.1, -0.05) is 41.7 Å². The molecule has 5 nitrogen and oxygen atoms in total. The molecule has 22 heavy (non-hydrogen) atoms. The molecule has 2 aromatic rings. The van der Waals surface area contributed by atoms with E-state index in [4.69, 9.17) is 4.74 Å². The van der Waals surface area contributed by atoms with Gasteiger partial charge in [-0.15, -0.1) is 10.2 Å². The maximum absolute atomic E-state index is 11.9. The lowest BCUT2D eigenvalue weighted by molar-refractivity contribution is -0.124. The second-order valence-electron chi connectivity index (χ2n) is 5.33. The molecular formula is C16H19N3O2S. The van der Waals surface area contributed by atoms with E-state index in [2.05, 4.69) is 39.8 Å². The van der Waals surface area contributed by atoms with E-state index in [0.717, 1.165) is 37.1 Å². The van der Waals surface area contributed by atoms with E-state index in [-0.39, 0.29) is 12.0 Å². The molecule has 1 saturated heterocycles. The van der Waals surface area contributed by atoms with Crippen LogP contribution in [0.2, 0.25) is 0 Å². The van der Waals surface area contributed by atoms with Crippen molar-refractivity contribution in [2.75, 3.05) is 11.9 Å². The largest absolute Gasteiger partial charge is 0.368 e. The monoisotopic (exact) mass is 317 g/mol. The van der Waals surface area contributed by atoms with E-state index in [0.29, 0.717) is 11.7 Å². The number of nitrogens with zero attached hydrogens (tertiary/aromatic N) is 2. The van der Waals surface area contributed by atoms with Gasteiger partial charge in [0.05, 0.1) is 0 Å². The van der Waals surface area contributed by atoms with Gasteiger partial charge in [0, 0.05) is 13.0 Å². The third-order valence-electron chi connectivity index (χ3n) is 3.62. The van der Waals surface area contributed by atoms with Crippen LogP contribution in [0.1, 0.15) is 29.8 Å². The first-order valence-corrected chi connectivity index (χ1v) is 8.42. The highest BCUT2D eigenvalue weighted by Gasteiger charge is 2.24. The van der Waals surface area contributed by atoms with Crippen LogP contribution in [-0.4, -0.2) is 28.8 Å². The lowest BCUT2D eigenvalue weighted by Gasteiger charge is -2.06. The number of hydrogen-bond donors (Lipinski definition) is 1. The van der Waals surface area contributed by atoms with Crippen LogP contribution in [0.5, 0.6) is 0 Å². The first-order valence-electron chi connectivity index (χ1n) is 7.60. The summed E-state index contributed by atoms with van der Waals surface area (Å²) in [6.07, 6.45) is 4.33. The summed E-state index contributed by atoms with van der Waals surface area (Å²) in [5.74, 6) is -0.107. The number of carbonyl (C=O) groups is 1. The number of carbonyl (C=O) groups excluding carboxylic acids is 1. The Hall–Kier alpha value is -1.79. The number of ether oxygens (including phenoxy) is 1. The number of nitrogens with one attached hydrogen (secondary N) is 1. The number of aromatic nitrogens is 2. The van der Waals surface area contributed by atoms with Gasteiger partial charge in [0.1, 0.15) is 11.1 Å². The van der Waals surface area contributed by atoms with E-state index in [1.54, 1.807) is 0 Å². The third-order valence-corrected chi connectivity index (χ3v) is 4.52. The summed E-state index contributed by atoms with van der Waals surface area (Å²) in [7, 11) is 0. The van der Waals surface area contributed by atoms with E-state index in [1.165, 1.54) is 16.9 Å². The fourth-order valence-electron chi connectivity index (χ4n) is 2.46. The minimum Gasteiger partial charge on any atom is -0.368 e. The van der Waals surface area contributed by atoms with Crippen molar-refractivity contribution in [3.8, 4) is 0 Å². The molecule has 1 amide bonds. The SMILES string of the molecule is O=C(Nc1nnc(CCCc2ccccc2)s1)[C@H]1CCCO1. The molecule has 0 bridgehead atoms. The Morgan fingerprint density at radius 2 is 2.14 bits per heavy atom. The van der Waals surface area contributed by atoms with E-state index in [9.17, 15) is 4.79 Å². The molecule has 0 aliphatic carbocycles. The number of anilines is 1. The van der Waals surface area contributed by atoms with Gasteiger partial charge in [0.2, 0.25) is 5.13 Å². The summed E-state index contributed by atoms with van der Waals surface area (Å²) in [6.45, 7) is 0.666. The van der Waals surface area contributed by atoms with Gasteiger partial charge < -0.3 is 4.74 Å². The molecule has 1 N–H and O–H groups in total. The summed E-state index contributed by atoms with van der Waals surface area (Å²) >= 11 is 1.45. The Morgan fingerprint density at radius 3 is 2.91 bits per heavy atom. The van der Waals surface area contributed by atoms with Crippen LogP contribution in [0.15, 0.2) is 30.3 Å². The van der Waals surface area contributed by atoms with Crippen LogP contribution in [0.4, 0.5) is 5.13 Å². The minimum atomic E-state index is -0.328. The zero-order chi connectivity index (χ0) is 15.2. The van der Waals surface area contributed by atoms with Gasteiger partial charge >= 0.3 is 0 Å². The fourth-order valence-corrected chi connectivity index (χ4v) is 3.25.